The standard InChI is InChI=1S/C13H14F2N2O3/c14-9-4-3-8(6-10(9)15)7-16-13(20)17-5-1-2-11(17)12(18)19/h3-4,6,11H,1-2,5,7H2,(H,16,20)(H,18,19)/t11-/m1/s1. The fourth-order valence-corrected chi connectivity index (χ4v) is 2.20. The average Bonchev–Trinajstić information content (AvgIpc) is 2.89. The third kappa shape index (κ3) is 3.04. The molecule has 20 heavy (non-hydrogen) atoms. The molecule has 0 saturated carbocycles. The monoisotopic (exact) mass is 284 g/mol. The van der Waals surface area contributed by atoms with Crippen LogP contribution in [-0.4, -0.2) is 34.6 Å². The Morgan fingerprint density at radius 3 is 2.75 bits per heavy atom. The van der Waals surface area contributed by atoms with Crippen LogP contribution in [0.3, 0.4) is 0 Å². The molecule has 0 bridgehead atoms. The van der Waals surface area contributed by atoms with E-state index in [0.29, 0.717) is 24.9 Å². The number of nitrogens with zero attached hydrogens (tertiary/aromatic N) is 1. The third-order valence-corrected chi connectivity index (χ3v) is 3.23. The van der Waals surface area contributed by atoms with Crippen LogP contribution >= 0.6 is 0 Å². The summed E-state index contributed by atoms with van der Waals surface area (Å²) in [5.41, 5.74) is 0.406. The summed E-state index contributed by atoms with van der Waals surface area (Å²) in [7, 11) is 0. The second-order valence-corrected chi connectivity index (χ2v) is 4.60. The summed E-state index contributed by atoms with van der Waals surface area (Å²) in [5.74, 6) is -2.97. The number of carbonyl (C=O) groups excluding carboxylic acids is 1. The smallest absolute Gasteiger partial charge is 0.326 e. The third-order valence-electron chi connectivity index (χ3n) is 3.23. The molecule has 1 saturated heterocycles. The lowest BCUT2D eigenvalue weighted by atomic mass is 10.2. The highest BCUT2D eigenvalue weighted by Crippen LogP contribution is 2.17. The number of hydrogen-bond donors (Lipinski definition) is 2. The molecule has 5 nitrogen and oxygen atoms in total. The average molecular weight is 284 g/mol. The maximum Gasteiger partial charge on any atom is 0.326 e. The van der Waals surface area contributed by atoms with Crippen LogP contribution in [0.1, 0.15) is 18.4 Å². The highest BCUT2D eigenvalue weighted by molar-refractivity contribution is 5.83. The van der Waals surface area contributed by atoms with Gasteiger partial charge in [0, 0.05) is 13.1 Å². The molecular weight excluding hydrogens is 270 g/mol. The first-order valence-corrected chi connectivity index (χ1v) is 6.20. The number of likely N-dealkylation sites (tertiary alicyclic amines) is 1. The Labute approximate surface area is 114 Å². The normalized spacial score (nSPS) is 18.1. The van der Waals surface area contributed by atoms with Crippen molar-refractivity contribution in [3.05, 3.63) is 35.4 Å². The van der Waals surface area contributed by atoms with Gasteiger partial charge in [0.1, 0.15) is 6.04 Å². The van der Waals surface area contributed by atoms with Crippen molar-refractivity contribution in [1.82, 2.24) is 10.2 Å². The van der Waals surface area contributed by atoms with Gasteiger partial charge >= 0.3 is 12.0 Å². The molecule has 7 heteroatoms. The number of carboxylic acids is 1. The summed E-state index contributed by atoms with van der Waals surface area (Å²) >= 11 is 0. The van der Waals surface area contributed by atoms with Gasteiger partial charge in [0.25, 0.3) is 0 Å². The van der Waals surface area contributed by atoms with Gasteiger partial charge in [-0.15, -0.1) is 0 Å². The Hall–Kier alpha value is -2.18. The Morgan fingerprint density at radius 2 is 2.10 bits per heavy atom. The minimum atomic E-state index is -1.04. The van der Waals surface area contributed by atoms with E-state index in [2.05, 4.69) is 5.32 Å². The number of rotatable bonds is 3. The molecule has 0 spiro atoms. The highest BCUT2D eigenvalue weighted by atomic mass is 19.2. The van der Waals surface area contributed by atoms with Gasteiger partial charge in [-0.2, -0.15) is 0 Å². The largest absolute Gasteiger partial charge is 0.480 e. The molecule has 1 heterocycles. The number of halogens is 2. The number of urea groups is 1. The number of carboxylic acid groups (broad SMARTS) is 1. The van der Waals surface area contributed by atoms with E-state index in [0.717, 1.165) is 12.1 Å². The van der Waals surface area contributed by atoms with Crippen molar-refractivity contribution in [2.75, 3.05) is 6.54 Å². The molecule has 1 aliphatic rings. The topological polar surface area (TPSA) is 69.6 Å². The van der Waals surface area contributed by atoms with Crippen molar-refractivity contribution in [3.63, 3.8) is 0 Å². The first-order chi connectivity index (χ1) is 9.49. The summed E-state index contributed by atoms with van der Waals surface area (Å²) in [6, 6.07) is 2.00. The molecule has 2 rings (SSSR count). The van der Waals surface area contributed by atoms with Gasteiger partial charge in [-0.25, -0.2) is 18.4 Å². The summed E-state index contributed by atoms with van der Waals surface area (Å²) in [6.45, 7) is 0.388. The van der Waals surface area contributed by atoms with Gasteiger partial charge < -0.3 is 15.3 Å². The molecule has 1 aromatic carbocycles. The van der Waals surface area contributed by atoms with Crippen molar-refractivity contribution < 1.29 is 23.5 Å². The first-order valence-electron chi connectivity index (χ1n) is 6.20. The minimum Gasteiger partial charge on any atom is -0.480 e. The van der Waals surface area contributed by atoms with Crippen LogP contribution in [0.4, 0.5) is 13.6 Å². The van der Waals surface area contributed by atoms with Crippen LogP contribution in [0.2, 0.25) is 0 Å². The summed E-state index contributed by atoms with van der Waals surface area (Å²) in [4.78, 5) is 24.1. The van der Waals surface area contributed by atoms with Gasteiger partial charge in [0.05, 0.1) is 0 Å². The van der Waals surface area contributed by atoms with Gasteiger partial charge in [-0.3, -0.25) is 0 Å². The molecule has 1 atom stereocenters. The van der Waals surface area contributed by atoms with Crippen molar-refractivity contribution in [1.29, 1.82) is 0 Å². The Kier molecular flexibility index (Phi) is 4.16. The van der Waals surface area contributed by atoms with E-state index in [1.165, 1.54) is 11.0 Å². The van der Waals surface area contributed by atoms with Crippen molar-refractivity contribution in [2.24, 2.45) is 0 Å². The molecule has 1 aromatic rings. The molecule has 0 unspecified atom stereocenters. The lowest BCUT2D eigenvalue weighted by Gasteiger charge is -2.21. The molecular formula is C13H14F2N2O3. The van der Waals surface area contributed by atoms with Crippen LogP contribution in [0.5, 0.6) is 0 Å². The summed E-state index contributed by atoms with van der Waals surface area (Å²) in [6.07, 6.45) is 1.06. The van der Waals surface area contributed by atoms with E-state index in [9.17, 15) is 18.4 Å². The van der Waals surface area contributed by atoms with E-state index in [1.807, 2.05) is 0 Å². The van der Waals surface area contributed by atoms with Gasteiger partial charge in [-0.1, -0.05) is 6.07 Å². The van der Waals surface area contributed by atoms with Gasteiger partial charge in [-0.05, 0) is 30.5 Å². The van der Waals surface area contributed by atoms with Crippen LogP contribution in [0.15, 0.2) is 18.2 Å². The van der Waals surface area contributed by atoms with Crippen molar-refractivity contribution in [2.45, 2.75) is 25.4 Å². The maximum atomic E-state index is 13.0. The zero-order valence-electron chi connectivity index (χ0n) is 10.6. The van der Waals surface area contributed by atoms with Gasteiger partial charge in [0.2, 0.25) is 0 Å². The lowest BCUT2D eigenvalue weighted by molar-refractivity contribution is -0.141. The number of aliphatic carboxylic acids is 1. The van der Waals surface area contributed by atoms with Crippen LogP contribution < -0.4 is 5.32 Å². The van der Waals surface area contributed by atoms with E-state index >= 15 is 0 Å². The molecule has 1 fully saturated rings. The lowest BCUT2D eigenvalue weighted by Crippen LogP contribution is -2.45. The molecule has 1 aliphatic heterocycles. The molecule has 108 valence electrons. The predicted octanol–water partition coefficient (Wildman–Crippen LogP) is 1.72. The predicted molar refractivity (Wildman–Crippen MR) is 66.0 cm³/mol. The second-order valence-electron chi connectivity index (χ2n) is 4.60. The quantitative estimate of drug-likeness (QED) is 0.888. The van der Waals surface area contributed by atoms with E-state index in [4.69, 9.17) is 5.11 Å². The number of amides is 2. The van der Waals surface area contributed by atoms with Crippen LogP contribution in [0.25, 0.3) is 0 Å². The first kappa shape index (κ1) is 14.2. The Balaban J connectivity index is 1.94. The number of carbonyl (C=O) groups is 2. The number of nitrogens with one attached hydrogen (secondary N) is 1. The Morgan fingerprint density at radius 1 is 1.35 bits per heavy atom. The number of benzene rings is 1. The van der Waals surface area contributed by atoms with E-state index < -0.39 is 29.7 Å². The van der Waals surface area contributed by atoms with Gasteiger partial charge in [0.15, 0.2) is 11.6 Å². The SMILES string of the molecule is O=C(O)[C@H]1CCCN1C(=O)NCc1ccc(F)c(F)c1. The maximum absolute atomic E-state index is 13.0. The van der Waals surface area contributed by atoms with Crippen molar-refractivity contribution in [3.8, 4) is 0 Å². The zero-order valence-corrected chi connectivity index (χ0v) is 10.6. The minimum absolute atomic E-state index is 0.0128. The zero-order chi connectivity index (χ0) is 14.7. The highest BCUT2D eigenvalue weighted by Gasteiger charge is 2.33. The van der Waals surface area contributed by atoms with E-state index in [-0.39, 0.29) is 6.54 Å². The molecule has 0 aliphatic carbocycles. The summed E-state index contributed by atoms with van der Waals surface area (Å²) in [5, 5.41) is 11.5. The van der Waals surface area contributed by atoms with E-state index in [1.54, 1.807) is 0 Å². The molecule has 0 aromatic heterocycles. The van der Waals surface area contributed by atoms with Crippen LogP contribution in [-0.2, 0) is 11.3 Å². The fourth-order valence-electron chi connectivity index (χ4n) is 2.20. The molecule has 2 N–H and O–H groups in total. The molecule has 2 amide bonds. The number of hydrogen-bond acceptors (Lipinski definition) is 2. The fraction of sp³-hybridized carbons (Fsp3) is 0.385. The Bertz CT molecular complexity index is 536. The molecule has 0 radical (unpaired) electrons. The second kappa shape index (κ2) is 5.85. The van der Waals surface area contributed by atoms with Crippen molar-refractivity contribution >= 4 is 12.0 Å². The van der Waals surface area contributed by atoms with Crippen LogP contribution in [0, 0.1) is 11.6 Å². The summed E-state index contributed by atoms with van der Waals surface area (Å²) < 4.78 is 25.7.